The molecule has 6 heteroatoms. The number of nitrogens with one attached hydrogen (secondary N) is 2. The molecule has 1 aliphatic heterocycles. The number of nitrogens with zero attached hydrogens (tertiary/aromatic N) is 1. The summed E-state index contributed by atoms with van der Waals surface area (Å²) in [7, 11) is 0. The first-order valence-electron chi connectivity index (χ1n) is 8.40. The van der Waals surface area contributed by atoms with Gasteiger partial charge in [0, 0.05) is 24.8 Å². The van der Waals surface area contributed by atoms with Gasteiger partial charge in [0.15, 0.2) is 0 Å². The minimum Gasteiger partial charge on any atom is -0.444 e. The summed E-state index contributed by atoms with van der Waals surface area (Å²) in [6.07, 6.45) is 1.21. The van der Waals surface area contributed by atoms with Gasteiger partial charge in [0.25, 0.3) is 0 Å². The fourth-order valence-corrected chi connectivity index (χ4v) is 2.55. The van der Waals surface area contributed by atoms with Gasteiger partial charge in [-0.05, 0) is 45.7 Å². The third-order valence-electron chi connectivity index (χ3n) is 3.74. The molecule has 1 fully saturated rings. The van der Waals surface area contributed by atoms with E-state index in [1.165, 1.54) is 0 Å². The number of hydrogen-bond donors (Lipinski definition) is 2. The summed E-state index contributed by atoms with van der Waals surface area (Å²) in [5.74, 6) is -0.0328. The molecule has 0 atom stereocenters. The van der Waals surface area contributed by atoms with Crippen molar-refractivity contribution in [3.63, 3.8) is 0 Å². The largest absolute Gasteiger partial charge is 0.444 e. The standard InChI is InChI=1S/C18H27N3O3/c1-18(2,3)24-17(23)21-11-9-15(10-12-21)20-16(22)13-19-14-7-5-4-6-8-14/h4-8,15,19H,9-13H2,1-3H3,(H,20,22). The molecule has 0 bridgehead atoms. The first-order valence-corrected chi connectivity index (χ1v) is 8.40. The maximum atomic E-state index is 12.0. The van der Waals surface area contributed by atoms with Gasteiger partial charge in [0.2, 0.25) is 5.91 Å². The Morgan fingerprint density at radius 1 is 1.17 bits per heavy atom. The second-order valence-electron chi connectivity index (χ2n) is 7.03. The highest BCUT2D eigenvalue weighted by atomic mass is 16.6. The Morgan fingerprint density at radius 3 is 2.38 bits per heavy atom. The SMILES string of the molecule is CC(C)(C)OC(=O)N1CCC(NC(=O)CNc2ccccc2)CC1. The molecule has 0 saturated carbocycles. The van der Waals surface area contributed by atoms with Gasteiger partial charge in [-0.3, -0.25) is 4.79 Å². The molecule has 1 aromatic rings. The van der Waals surface area contributed by atoms with Crippen molar-refractivity contribution in [1.82, 2.24) is 10.2 Å². The normalized spacial score (nSPS) is 15.7. The van der Waals surface area contributed by atoms with Crippen LogP contribution in [0.15, 0.2) is 30.3 Å². The average molecular weight is 333 g/mol. The van der Waals surface area contributed by atoms with Crippen LogP contribution in [0.3, 0.4) is 0 Å². The molecule has 0 radical (unpaired) electrons. The van der Waals surface area contributed by atoms with Gasteiger partial charge < -0.3 is 20.3 Å². The molecule has 6 nitrogen and oxygen atoms in total. The van der Waals surface area contributed by atoms with Crippen molar-refractivity contribution in [3.05, 3.63) is 30.3 Å². The highest BCUT2D eigenvalue weighted by molar-refractivity contribution is 5.81. The first kappa shape index (κ1) is 18.1. The van der Waals surface area contributed by atoms with Gasteiger partial charge in [-0.25, -0.2) is 4.79 Å². The van der Waals surface area contributed by atoms with Crippen LogP contribution in [-0.2, 0) is 9.53 Å². The van der Waals surface area contributed by atoms with Crippen molar-refractivity contribution < 1.29 is 14.3 Å². The molecular weight excluding hydrogens is 306 g/mol. The maximum absolute atomic E-state index is 12.0. The summed E-state index contributed by atoms with van der Waals surface area (Å²) < 4.78 is 5.37. The van der Waals surface area contributed by atoms with Crippen LogP contribution in [0, 0.1) is 0 Å². The van der Waals surface area contributed by atoms with Crippen LogP contribution in [0.5, 0.6) is 0 Å². The van der Waals surface area contributed by atoms with E-state index in [1.54, 1.807) is 4.90 Å². The lowest BCUT2D eigenvalue weighted by Crippen LogP contribution is -2.48. The van der Waals surface area contributed by atoms with E-state index in [2.05, 4.69) is 10.6 Å². The number of amides is 2. The highest BCUT2D eigenvalue weighted by Crippen LogP contribution is 2.15. The van der Waals surface area contributed by atoms with E-state index in [1.807, 2.05) is 51.1 Å². The van der Waals surface area contributed by atoms with Crippen LogP contribution >= 0.6 is 0 Å². The lowest BCUT2D eigenvalue weighted by molar-refractivity contribution is -0.120. The van der Waals surface area contributed by atoms with E-state index in [4.69, 9.17) is 4.74 Å². The minimum atomic E-state index is -0.481. The predicted molar refractivity (Wildman–Crippen MR) is 93.9 cm³/mol. The second kappa shape index (κ2) is 8.04. The third kappa shape index (κ3) is 6.10. The number of hydrogen-bond acceptors (Lipinski definition) is 4. The van der Waals surface area contributed by atoms with Crippen molar-refractivity contribution in [2.24, 2.45) is 0 Å². The predicted octanol–water partition coefficient (Wildman–Crippen LogP) is 2.61. The fourth-order valence-electron chi connectivity index (χ4n) is 2.55. The number of piperidine rings is 1. The van der Waals surface area contributed by atoms with Crippen LogP contribution in [0.2, 0.25) is 0 Å². The van der Waals surface area contributed by atoms with E-state index < -0.39 is 5.60 Å². The molecule has 0 unspecified atom stereocenters. The highest BCUT2D eigenvalue weighted by Gasteiger charge is 2.27. The van der Waals surface area contributed by atoms with E-state index in [0.29, 0.717) is 13.1 Å². The van der Waals surface area contributed by atoms with Gasteiger partial charge in [-0.1, -0.05) is 18.2 Å². The smallest absolute Gasteiger partial charge is 0.410 e. The lowest BCUT2D eigenvalue weighted by atomic mass is 10.1. The second-order valence-corrected chi connectivity index (χ2v) is 7.03. The number of rotatable bonds is 4. The zero-order valence-electron chi connectivity index (χ0n) is 14.7. The van der Waals surface area contributed by atoms with Gasteiger partial charge in [-0.15, -0.1) is 0 Å². The zero-order chi connectivity index (χ0) is 17.6. The van der Waals surface area contributed by atoms with Gasteiger partial charge in [0.05, 0.1) is 6.54 Å². The molecule has 2 amide bonds. The molecule has 0 spiro atoms. The molecule has 132 valence electrons. The summed E-state index contributed by atoms with van der Waals surface area (Å²) in [4.78, 5) is 25.7. The molecule has 24 heavy (non-hydrogen) atoms. The summed E-state index contributed by atoms with van der Waals surface area (Å²) >= 11 is 0. The van der Waals surface area contributed by atoms with Crippen LogP contribution in [0.1, 0.15) is 33.6 Å². The Balaban J connectivity index is 1.69. The topological polar surface area (TPSA) is 70.7 Å². The average Bonchev–Trinajstić information content (AvgIpc) is 2.53. The molecule has 0 aromatic heterocycles. The quantitative estimate of drug-likeness (QED) is 0.888. The van der Waals surface area contributed by atoms with Gasteiger partial charge in [-0.2, -0.15) is 0 Å². The number of anilines is 1. The molecule has 1 aromatic carbocycles. The number of carbonyl (C=O) groups excluding carboxylic acids is 2. The molecule has 1 saturated heterocycles. The van der Waals surface area contributed by atoms with Crippen LogP contribution in [0.25, 0.3) is 0 Å². The third-order valence-corrected chi connectivity index (χ3v) is 3.74. The molecule has 1 aliphatic rings. The summed E-state index contributed by atoms with van der Waals surface area (Å²) in [5, 5.41) is 6.11. The Kier molecular flexibility index (Phi) is 6.06. The van der Waals surface area contributed by atoms with E-state index >= 15 is 0 Å². The monoisotopic (exact) mass is 333 g/mol. The Labute approximate surface area is 143 Å². The van der Waals surface area contributed by atoms with Gasteiger partial charge in [0.1, 0.15) is 5.60 Å². The van der Waals surface area contributed by atoms with Crippen molar-refractivity contribution >= 4 is 17.7 Å². The molecular formula is C18H27N3O3. The van der Waals surface area contributed by atoms with E-state index in [-0.39, 0.29) is 24.6 Å². The Morgan fingerprint density at radius 2 is 1.79 bits per heavy atom. The molecule has 1 heterocycles. The molecule has 2 N–H and O–H groups in total. The maximum Gasteiger partial charge on any atom is 0.410 e. The lowest BCUT2D eigenvalue weighted by Gasteiger charge is -2.33. The first-order chi connectivity index (χ1) is 11.3. The number of para-hydroxylation sites is 1. The summed E-state index contributed by atoms with van der Waals surface area (Å²) in [5.41, 5.74) is 0.443. The molecule has 2 rings (SSSR count). The Hall–Kier alpha value is -2.24. The summed E-state index contributed by atoms with van der Waals surface area (Å²) in [6.45, 7) is 7.03. The van der Waals surface area contributed by atoms with Crippen LogP contribution in [0.4, 0.5) is 10.5 Å². The van der Waals surface area contributed by atoms with Crippen molar-refractivity contribution in [2.45, 2.75) is 45.3 Å². The number of benzene rings is 1. The van der Waals surface area contributed by atoms with Crippen molar-refractivity contribution in [3.8, 4) is 0 Å². The zero-order valence-corrected chi connectivity index (χ0v) is 14.7. The van der Waals surface area contributed by atoms with Crippen LogP contribution < -0.4 is 10.6 Å². The van der Waals surface area contributed by atoms with Crippen molar-refractivity contribution in [2.75, 3.05) is 25.0 Å². The summed E-state index contributed by atoms with van der Waals surface area (Å²) in [6, 6.07) is 9.73. The van der Waals surface area contributed by atoms with E-state index in [9.17, 15) is 9.59 Å². The minimum absolute atomic E-state index is 0.0328. The van der Waals surface area contributed by atoms with Gasteiger partial charge >= 0.3 is 6.09 Å². The number of likely N-dealkylation sites (tertiary alicyclic amines) is 1. The van der Waals surface area contributed by atoms with Crippen LogP contribution in [-0.4, -0.2) is 48.2 Å². The number of carbonyl (C=O) groups is 2. The molecule has 0 aliphatic carbocycles. The van der Waals surface area contributed by atoms with Crippen molar-refractivity contribution in [1.29, 1.82) is 0 Å². The fraction of sp³-hybridized carbons (Fsp3) is 0.556. The Bertz CT molecular complexity index is 546. The number of ether oxygens (including phenoxy) is 1. The van der Waals surface area contributed by atoms with E-state index in [0.717, 1.165) is 18.5 Å².